The van der Waals surface area contributed by atoms with Crippen molar-refractivity contribution in [1.82, 2.24) is 15.2 Å². The summed E-state index contributed by atoms with van der Waals surface area (Å²) in [4.78, 5) is 32.0. The summed E-state index contributed by atoms with van der Waals surface area (Å²) in [7, 11) is 1.57. The van der Waals surface area contributed by atoms with Crippen LogP contribution in [0.25, 0.3) is 10.6 Å². The summed E-state index contributed by atoms with van der Waals surface area (Å²) < 4.78 is 5.16. The van der Waals surface area contributed by atoms with E-state index in [1.807, 2.05) is 35.7 Å². The molecule has 1 aromatic heterocycles. The zero-order chi connectivity index (χ0) is 22.5. The van der Waals surface area contributed by atoms with Crippen molar-refractivity contribution in [2.75, 3.05) is 13.7 Å². The molecule has 1 saturated heterocycles. The Morgan fingerprint density at radius 3 is 2.81 bits per heavy atom. The van der Waals surface area contributed by atoms with Crippen LogP contribution in [0.5, 0.6) is 5.75 Å². The fraction of sp³-hybridized carbons (Fsp3) is 0.292. The molecule has 2 aromatic carbocycles. The number of methoxy groups -OCH3 is 1. The first-order valence-electron chi connectivity index (χ1n) is 10.4. The van der Waals surface area contributed by atoms with Gasteiger partial charge in [0.2, 0.25) is 11.8 Å². The first-order chi connectivity index (χ1) is 15.5. The third-order valence-electron chi connectivity index (χ3n) is 5.49. The van der Waals surface area contributed by atoms with Crippen LogP contribution in [0.15, 0.2) is 53.9 Å². The lowest BCUT2D eigenvalue weighted by Gasteiger charge is -2.24. The topological polar surface area (TPSA) is 71.5 Å². The van der Waals surface area contributed by atoms with Crippen LogP contribution in [-0.2, 0) is 22.6 Å². The van der Waals surface area contributed by atoms with Gasteiger partial charge in [-0.15, -0.1) is 11.3 Å². The maximum atomic E-state index is 12.9. The van der Waals surface area contributed by atoms with Crippen molar-refractivity contribution in [3.63, 3.8) is 0 Å². The van der Waals surface area contributed by atoms with Gasteiger partial charge in [0.05, 0.1) is 25.8 Å². The number of ether oxygens (including phenoxy) is 1. The predicted molar refractivity (Wildman–Crippen MR) is 126 cm³/mol. The van der Waals surface area contributed by atoms with E-state index in [1.165, 1.54) is 0 Å². The van der Waals surface area contributed by atoms with Crippen LogP contribution in [-0.4, -0.2) is 41.4 Å². The zero-order valence-electron chi connectivity index (χ0n) is 17.7. The predicted octanol–water partition coefficient (Wildman–Crippen LogP) is 4.32. The number of hydrogen-bond acceptors (Lipinski definition) is 5. The molecule has 1 N–H and O–H groups in total. The number of nitrogens with zero attached hydrogens (tertiary/aromatic N) is 2. The quantitative estimate of drug-likeness (QED) is 0.559. The Balaban J connectivity index is 1.35. The van der Waals surface area contributed by atoms with E-state index in [-0.39, 0.29) is 18.2 Å². The van der Waals surface area contributed by atoms with Crippen molar-refractivity contribution in [2.45, 2.75) is 31.8 Å². The van der Waals surface area contributed by atoms with E-state index in [9.17, 15) is 9.59 Å². The van der Waals surface area contributed by atoms with Gasteiger partial charge in [-0.05, 0) is 30.5 Å². The second-order valence-corrected chi connectivity index (χ2v) is 8.87. The molecule has 0 bridgehead atoms. The highest BCUT2D eigenvalue weighted by atomic mass is 35.5. The SMILES string of the molecule is COc1ccc(CC(=O)N2CCCC2C(=O)NCc2csc(-c3ccccc3)n2)c(Cl)c1. The Morgan fingerprint density at radius 2 is 2.06 bits per heavy atom. The normalized spacial score (nSPS) is 15.6. The number of halogens is 1. The van der Waals surface area contributed by atoms with E-state index in [1.54, 1.807) is 41.5 Å². The standard InChI is InChI=1S/C24H24ClN3O3S/c1-31-19-10-9-17(20(25)13-19)12-22(29)28-11-5-8-21(28)23(30)26-14-18-15-32-24(27-18)16-6-3-2-4-7-16/h2-4,6-7,9-10,13,15,21H,5,8,11-12,14H2,1H3,(H,26,30). The highest BCUT2D eigenvalue weighted by Crippen LogP contribution is 2.26. The fourth-order valence-electron chi connectivity index (χ4n) is 3.80. The van der Waals surface area contributed by atoms with Gasteiger partial charge in [0.25, 0.3) is 0 Å². The molecule has 0 saturated carbocycles. The molecule has 2 heterocycles. The van der Waals surface area contributed by atoms with Gasteiger partial charge in [0.1, 0.15) is 16.8 Å². The molecular formula is C24H24ClN3O3S. The number of rotatable bonds is 7. The Kier molecular flexibility index (Phi) is 7.07. The van der Waals surface area contributed by atoms with Gasteiger partial charge in [-0.2, -0.15) is 0 Å². The molecule has 0 spiro atoms. The van der Waals surface area contributed by atoms with E-state index in [4.69, 9.17) is 16.3 Å². The van der Waals surface area contributed by atoms with Crippen LogP contribution in [0.2, 0.25) is 5.02 Å². The molecule has 1 unspecified atom stereocenters. The van der Waals surface area contributed by atoms with Crippen molar-refractivity contribution >= 4 is 34.8 Å². The van der Waals surface area contributed by atoms with Crippen LogP contribution in [0, 0.1) is 0 Å². The monoisotopic (exact) mass is 469 g/mol. The minimum absolute atomic E-state index is 0.102. The molecule has 1 fully saturated rings. The molecule has 1 atom stereocenters. The fourth-order valence-corrected chi connectivity index (χ4v) is 4.86. The van der Waals surface area contributed by atoms with Crippen LogP contribution in [0.3, 0.4) is 0 Å². The highest BCUT2D eigenvalue weighted by molar-refractivity contribution is 7.13. The summed E-state index contributed by atoms with van der Waals surface area (Å²) in [6.07, 6.45) is 1.61. The van der Waals surface area contributed by atoms with Crippen molar-refractivity contribution in [3.05, 3.63) is 70.2 Å². The minimum Gasteiger partial charge on any atom is -0.497 e. The molecule has 1 aliphatic heterocycles. The van der Waals surface area contributed by atoms with E-state index in [0.717, 1.165) is 28.2 Å². The first-order valence-corrected chi connectivity index (χ1v) is 11.7. The number of hydrogen-bond donors (Lipinski definition) is 1. The smallest absolute Gasteiger partial charge is 0.243 e. The summed E-state index contributed by atoms with van der Waals surface area (Å²) in [5.41, 5.74) is 2.59. The van der Waals surface area contributed by atoms with E-state index in [0.29, 0.717) is 30.3 Å². The van der Waals surface area contributed by atoms with E-state index in [2.05, 4.69) is 10.3 Å². The average Bonchev–Trinajstić information content (AvgIpc) is 3.49. The number of aromatic nitrogens is 1. The second kappa shape index (κ2) is 10.1. The molecule has 2 amide bonds. The van der Waals surface area contributed by atoms with Gasteiger partial charge in [-0.3, -0.25) is 9.59 Å². The molecule has 0 aliphatic carbocycles. The third-order valence-corrected chi connectivity index (χ3v) is 6.79. The van der Waals surface area contributed by atoms with Crippen molar-refractivity contribution in [2.24, 2.45) is 0 Å². The largest absolute Gasteiger partial charge is 0.497 e. The second-order valence-electron chi connectivity index (χ2n) is 7.61. The Hall–Kier alpha value is -2.90. The molecule has 166 valence electrons. The number of likely N-dealkylation sites (tertiary alicyclic amines) is 1. The molecule has 32 heavy (non-hydrogen) atoms. The maximum Gasteiger partial charge on any atom is 0.243 e. The lowest BCUT2D eigenvalue weighted by Crippen LogP contribution is -2.46. The molecule has 4 rings (SSSR count). The van der Waals surface area contributed by atoms with Gasteiger partial charge in [0.15, 0.2) is 0 Å². The van der Waals surface area contributed by atoms with E-state index >= 15 is 0 Å². The van der Waals surface area contributed by atoms with E-state index < -0.39 is 6.04 Å². The zero-order valence-corrected chi connectivity index (χ0v) is 19.3. The summed E-state index contributed by atoms with van der Waals surface area (Å²) in [5.74, 6) is 0.391. The molecule has 8 heteroatoms. The van der Waals surface area contributed by atoms with Crippen LogP contribution in [0.4, 0.5) is 0 Å². The Bertz CT molecular complexity index is 1100. The maximum absolute atomic E-state index is 12.9. The molecule has 3 aromatic rings. The molecule has 6 nitrogen and oxygen atoms in total. The first kappa shape index (κ1) is 22.3. The van der Waals surface area contributed by atoms with Gasteiger partial charge in [0, 0.05) is 22.5 Å². The molecule has 1 aliphatic rings. The molecular weight excluding hydrogens is 446 g/mol. The third kappa shape index (κ3) is 5.11. The summed E-state index contributed by atoms with van der Waals surface area (Å²) >= 11 is 7.83. The van der Waals surface area contributed by atoms with Crippen molar-refractivity contribution < 1.29 is 14.3 Å². The lowest BCUT2D eigenvalue weighted by molar-refractivity contribution is -0.138. The number of carbonyl (C=O) groups is 2. The number of thiazole rings is 1. The number of amides is 2. The van der Waals surface area contributed by atoms with Gasteiger partial charge in [-0.1, -0.05) is 48.0 Å². The van der Waals surface area contributed by atoms with Crippen LogP contribution >= 0.6 is 22.9 Å². The van der Waals surface area contributed by atoms with Gasteiger partial charge in [-0.25, -0.2) is 4.98 Å². The van der Waals surface area contributed by atoms with Gasteiger partial charge >= 0.3 is 0 Å². The Morgan fingerprint density at radius 1 is 1.25 bits per heavy atom. The number of benzene rings is 2. The highest BCUT2D eigenvalue weighted by Gasteiger charge is 2.34. The summed E-state index contributed by atoms with van der Waals surface area (Å²) in [6, 6.07) is 14.7. The summed E-state index contributed by atoms with van der Waals surface area (Å²) in [6.45, 7) is 0.907. The van der Waals surface area contributed by atoms with Gasteiger partial charge < -0.3 is 15.0 Å². The number of carbonyl (C=O) groups excluding carboxylic acids is 2. The average molecular weight is 470 g/mol. The van der Waals surface area contributed by atoms with Crippen molar-refractivity contribution in [3.8, 4) is 16.3 Å². The lowest BCUT2D eigenvalue weighted by atomic mass is 10.1. The van der Waals surface area contributed by atoms with Crippen LogP contribution in [0.1, 0.15) is 24.1 Å². The molecule has 0 radical (unpaired) electrons. The summed E-state index contributed by atoms with van der Waals surface area (Å²) in [5, 5.41) is 6.30. The minimum atomic E-state index is -0.466. The van der Waals surface area contributed by atoms with Crippen LogP contribution < -0.4 is 10.1 Å². The Labute approximate surface area is 196 Å². The number of nitrogens with one attached hydrogen (secondary N) is 1. The van der Waals surface area contributed by atoms with Crippen molar-refractivity contribution in [1.29, 1.82) is 0 Å².